The number of amides is 2. The summed E-state index contributed by atoms with van der Waals surface area (Å²) in [5, 5.41) is 11.8. The van der Waals surface area contributed by atoms with Crippen molar-refractivity contribution in [2.75, 3.05) is 13.1 Å². The maximum absolute atomic E-state index is 12.9. The van der Waals surface area contributed by atoms with Gasteiger partial charge in [-0.25, -0.2) is 4.79 Å². The van der Waals surface area contributed by atoms with E-state index in [-0.39, 0.29) is 17.4 Å². The van der Waals surface area contributed by atoms with Crippen LogP contribution in [0.2, 0.25) is 0 Å². The molecule has 1 atom stereocenters. The Bertz CT molecular complexity index is 781. The van der Waals surface area contributed by atoms with E-state index in [2.05, 4.69) is 27.0 Å². The van der Waals surface area contributed by atoms with Crippen molar-refractivity contribution in [2.45, 2.75) is 64.5 Å². The van der Waals surface area contributed by atoms with E-state index in [0.29, 0.717) is 6.54 Å². The second-order valence-electron chi connectivity index (χ2n) is 8.38. The van der Waals surface area contributed by atoms with Gasteiger partial charge in [-0.1, -0.05) is 56.5 Å². The first kappa shape index (κ1) is 19.0. The van der Waals surface area contributed by atoms with Crippen LogP contribution in [0.4, 0.5) is 4.79 Å². The molecule has 2 aliphatic rings. The summed E-state index contributed by atoms with van der Waals surface area (Å²) in [5.74, 6) is 1.35. The van der Waals surface area contributed by atoms with Crippen molar-refractivity contribution in [3.63, 3.8) is 0 Å². The molecule has 150 valence electrons. The lowest BCUT2D eigenvalue weighted by Gasteiger charge is -2.37. The molecule has 1 aromatic carbocycles. The fraction of sp³-hybridized carbons (Fsp3) is 0.591. The van der Waals surface area contributed by atoms with Crippen molar-refractivity contribution >= 4 is 6.03 Å². The molecule has 28 heavy (non-hydrogen) atoms. The number of nitrogens with zero attached hydrogens (tertiary/aromatic N) is 4. The molecule has 2 heterocycles. The Labute approximate surface area is 167 Å². The van der Waals surface area contributed by atoms with Crippen LogP contribution < -0.4 is 5.32 Å². The molecule has 6 heteroatoms. The van der Waals surface area contributed by atoms with E-state index in [1.807, 2.05) is 41.6 Å². The van der Waals surface area contributed by atoms with Gasteiger partial charge in [0.15, 0.2) is 0 Å². The van der Waals surface area contributed by atoms with Gasteiger partial charge in [0.1, 0.15) is 12.2 Å². The number of likely N-dealkylation sites (tertiary alicyclic amines) is 1. The minimum atomic E-state index is 0.0397. The molecule has 2 aromatic rings. The highest BCUT2D eigenvalue weighted by molar-refractivity contribution is 5.74. The molecule has 1 spiro atoms. The molecule has 6 nitrogen and oxygen atoms in total. The number of urea groups is 1. The first-order chi connectivity index (χ1) is 13.7. The van der Waals surface area contributed by atoms with Crippen LogP contribution in [0, 0.1) is 5.41 Å². The maximum Gasteiger partial charge on any atom is 0.317 e. The predicted molar refractivity (Wildman–Crippen MR) is 109 cm³/mol. The van der Waals surface area contributed by atoms with Crippen molar-refractivity contribution in [2.24, 2.45) is 5.41 Å². The molecule has 1 aliphatic carbocycles. The van der Waals surface area contributed by atoms with E-state index in [1.165, 1.54) is 32.1 Å². The zero-order valence-corrected chi connectivity index (χ0v) is 16.8. The molecule has 4 rings (SSSR count). The Morgan fingerprint density at radius 1 is 1.21 bits per heavy atom. The van der Waals surface area contributed by atoms with Crippen LogP contribution in [0.25, 0.3) is 0 Å². The number of aromatic nitrogens is 3. The van der Waals surface area contributed by atoms with Crippen LogP contribution >= 0.6 is 0 Å². The fourth-order valence-electron chi connectivity index (χ4n) is 5.07. The summed E-state index contributed by atoms with van der Waals surface area (Å²) in [7, 11) is 0. The molecule has 1 N–H and O–H groups in total. The van der Waals surface area contributed by atoms with Gasteiger partial charge in [-0.15, -0.1) is 10.2 Å². The van der Waals surface area contributed by atoms with Crippen molar-refractivity contribution < 1.29 is 4.79 Å². The summed E-state index contributed by atoms with van der Waals surface area (Å²) in [6.45, 7) is 5.26. The van der Waals surface area contributed by atoms with Gasteiger partial charge in [-0.05, 0) is 30.2 Å². The molecule has 1 aromatic heterocycles. The van der Waals surface area contributed by atoms with Gasteiger partial charge in [-0.2, -0.15) is 0 Å². The van der Waals surface area contributed by atoms with Crippen LogP contribution in [-0.4, -0.2) is 38.8 Å². The van der Waals surface area contributed by atoms with Gasteiger partial charge in [0.05, 0.1) is 0 Å². The van der Waals surface area contributed by atoms with Gasteiger partial charge in [0, 0.05) is 32.1 Å². The number of carbonyl (C=O) groups excluding carboxylic acids is 1. The van der Waals surface area contributed by atoms with Crippen LogP contribution in [-0.2, 0) is 13.1 Å². The number of nitrogens with one attached hydrogen (secondary N) is 1. The van der Waals surface area contributed by atoms with E-state index in [9.17, 15) is 4.79 Å². The summed E-state index contributed by atoms with van der Waals surface area (Å²) in [6, 6.07) is 10.1. The molecule has 1 saturated heterocycles. The quantitative estimate of drug-likeness (QED) is 0.853. The minimum absolute atomic E-state index is 0.0397. The summed E-state index contributed by atoms with van der Waals surface area (Å²) in [4.78, 5) is 15.0. The lowest BCUT2D eigenvalue weighted by atomic mass is 9.67. The topological polar surface area (TPSA) is 63.1 Å². The zero-order chi connectivity index (χ0) is 19.4. The maximum atomic E-state index is 12.9. The molecular formula is C22H31N5O. The van der Waals surface area contributed by atoms with Gasteiger partial charge < -0.3 is 14.8 Å². The molecule has 1 saturated carbocycles. The second kappa shape index (κ2) is 8.33. The monoisotopic (exact) mass is 381 g/mol. The van der Waals surface area contributed by atoms with Crippen molar-refractivity contribution in [1.82, 2.24) is 25.0 Å². The van der Waals surface area contributed by atoms with E-state index >= 15 is 0 Å². The Kier molecular flexibility index (Phi) is 5.64. The highest BCUT2D eigenvalue weighted by Crippen LogP contribution is 2.51. The average Bonchev–Trinajstić information content (AvgIpc) is 3.32. The summed E-state index contributed by atoms with van der Waals surface area (Å²) < 4.78 is 2.20. The third-order valence-electron chi connectivity index (χ3n) is 6.49. The SMILES string of the molecule is CCCn1cnnc1C1CN(C(=O)NCc2ccccc2)CC12CCCCC2. The number of hydrogen-bond acceptors (Lipinski definition) is 3. The number of carbonyl (C=O) groups is 1. The van der Waals surface area contributed by atoms with E-state index in [1.54, 1.807) is 0 Å². The molecule has 1 unspecified atom stereocenters. The normalized spacial score (nSPS) is 21.2. The number of hydrogen-bond donors (Lipinski definition) is 1. The summed E-state index contributed by atoms with van der Waals surface area (Å²) in [6.07, 6.45) is 9.07. The zero-order valence-electron chi connectivity index (χ0n) is 16.8. The smallest absolute Gasteiger partial charge is 0.317 e. The molecule has 0 bridgehead atoms. The van der Waals surface area contributed by atoms with Crippen LogP contribution in [0.1, 0.15) is 62.8 Å². The highest BCUT2D eigenvalue weighted by atomic mass is 16.2. The van der Waals surface area contributed by atoms with Crippen LogP contribution in [0.3, 0.4) is 0 Å². The van der Waals surface area contributed by atoms with E-state index in [0.717, 1.165) is 37.4 Å². The molecule has 0 radical (unpaired) electrons. The summed E-state index contributed by atoms with van der Waals surface area (Å²) >= 11 is 0. The second-order valence-corrected chi connectivity index (χ2v) is 8.38. The van der Waals surface area contributed by atoms with Crippen LogP contribution in [0.5, 0.6) is 0 Å². The number of rotatable bonds is 5. The Morgan fingerprint density at radius 3 is 2.75 bits per heavy atom. The first-order valence-electron chi connectivity index (χ1n) is 10.7. The molecule has 2 fully saturated rings. The Balaban J connectivity index is 1.51. The molecule has 1 aliphatic heterocycles. The fourth-order valence-corrected chi connectivity index (χ4v) is 5.07. The lowest BCUT2D eigenvalue weighted by Crippen LogP contribution is -2.40. The number of benzene rings is 1. The lowest BCUT2D eigenvalue weighted by molar-refractivity contribution is 0.163. The van der Waals surface area contributed by atoms with Crippen LogP contribution in [0.15, 0.2) is 36.7 Å². The van der Waals surface area contributed by atoms with Gasteiger partial charge in [0.25, 0.3) is 0 Å². The van der Waals surface area contributed by atoms with Gasteiger partial charge in [0.2, 0.25) is 0 Å². The Hall–Kier alpha value is -2.37. The van der Waals surface area contributed by atoms with Gasteiger partial charge in [-0.3, -0.25) is 0 Å². The third kappa shape index (κ3) is 3.77. The molecular weight excluding hydrogens is 350 g/mol. The average molecular weight is 382 g/mol. The summed E-state index contributed by atoms with van der Waals surface area (Å²) in [5.41, 5.74) is 1.28. The number of aryl methyl sites for hydroxylation is 1. The first-order valence-corrected chi connectivity index (χ1v) is 10.7. The van der Waals surface area contributed by atoms with E-state index < -0.39 is 0 Å². The van der Waals surface area contributed by atoms with Crippen molar-refractivity contribution in [3.8, 4) is 0 Å². The minimum Gasteiger partial charge on any atom is -0.334 e. The van der Waals surface area contributed by atoms with Gasteiger partial charge >= 0.3 is 6.03 Å². The van der Waals surface area contributed by atoms with Crippen molar-refractivity contribution in [3.05, 3.63) is 48.0 Å². The largest absolute Gasteiger partial charge is 0.334 e. The molecule has 2 amide bonds. The van der Waals surface area contributed by atoms with E-state index in [4.69, 9.17) is 0 Å². The predicted octanol–water partition coefficient (Wildman–Crippen LogP) is 3.95. The Morgan fingerprint density at radius 2 is 2.00 bits per heavy atom. The third-order valence-corrected chi connectivity index (χ3v) is 6.49. The highest BCUT2D eigenvalue weighted by Gasteiger charge is 2.50. The van der Waals surface area contributed by atoms with Crippen molar-refractivity contribution in [1.29, 1.82) is 0 Å². The standard InChI is InChI=1S/C22H31N5O/c1-2-13-26-17-24-25-20(26)19-15-27(16-22(19)11-7-4-8-12-22)21(28)23-14-18-9-5-3-6-10-18/h3,5-6,9-10,17,19H,2,4,7-8,11-16H2,1H3,(H,23,28).